The van der Waals surface area contributed by atoms with Crippen molar-refractivity contribution in [2.45, 2.75) is 6.92 Å². The quantitative estimate of drug-likeness (QED) is 0.532. The summed E-state index contributed by atoms with van der Waals surface area (Å²) >= 11 is 0. The molecule has 0 saturated carbocycles. The van der Waals surface area contributed by atoms with Crippen LogP contribution in [0.5, 0.6) is 0 Å². The molecule has 1 aromatic carbocycles. The van der Waals surface area contributed by atoms with E-state index in [1.54, 1.807) is 24.3 Å². The molecule has 3 nitrogen and oxygen atoms in total. The number of hydrogen-bond donors (Lipinski definition) is 1. The van der Waals surface area contributed by atoms with E-state index in [4.69, 9.17) is 4.65 Å². The van der Waals surface area contributed by atoms with Crippen LogP contribution in [0, 0.1) is 0 Å². The van der Waals surface area contributed by atoms with Gasteiger partial charge in [-0.3, -0.25) is 4.79 Å². The lowest BCUT2D eigenvalue weighted by Gasteiger charge is -2.04. The minimum absolute atomic E-state index is 0.0230. The molecule has 1 N–H and O–H groups in total. The fourth-order valence-corrected chi connectivity index (χ4v) is 1.05. The van der Waals surface area contributed by atoms with Gasteiger partial charge in [-0.1, -0.05) is 24.3 Å². The maximum absolute atomic E-state index is 11.0. The SMILES string of the molecule is COB(O)c1cccc(C(C)=O)c1. The molecule has 0 aliphatic heterocycles. The summed E-state index contributed by atoms with van der Waals surface area (Å²) in [5, 5.41) is 9.30. The van der Waals surface area contributed by atoms with Gasteiger partial charge in [0.25, 0.3) is 0 Å². The molecule has 0 bridgehead atoms. The molecule has 68 valence electrons. The molecule has 1 rings (SSSR count). The molecule has 0 aromatic heterocycles. The number of carbonyl (C=O) groups excluding carboxylic acids is 1. The Morgan fingerprint density at radius 2 is 2.23 bits per heavy atom. The Kier molecular flexibility index (Phi) is 3.22. The molecule has 1 aromatic rings. The van der Waals surface area contributed by atoms with Crippen molar-refractivity contribution in [1.29, 1.82) is 0 Å². The summed E-state index contributed by atoms with van der Waals surface area (Å²) in [4.78, 5) is 11.0. The van der Waals surface area contributed by atoms with Crippen LogP contribution < -0.4 is 5.46 Å². The van der Waals surface area contributed by atoms with E-state index in [2.05, 4.69) is 0 Å². The lowest BCUT2D eigenvalue weighted by Crippen LogP contribution is -2.32. The van der Waals surface area contributed by atoms with Crippen molar-refractivity contribution >= 4 is 18.4 Å². The van der Waals surface area contributed by atoms with Crippen molar-refractivity contribution in [3.05, 3.63) is 29.8 Å². The highest BCUT2D eigenvalue weighted by atomic mass is 16.5. The Balaban J connectivity index is 2.98. The largest absolute Gasteiger partial charge is 0.490 e. The molecule has 13 heavy (non-hydrogen) atoms. The normalized spacial score (nSPS) is 9.77. The topological polar surface area (TPSA) is 46.5 Å². The number of carbonyl (C=O) groups is 1. The Bertz CT molecular complexity index is 311. The third kappa shape index (κ3) is 2.40. The molecule has 0 atom stereocenters. The molecule has 0 fully saturated rings. The summed E-state index contributed by atoms with van der Waals surface area (Å²) in [6.45, 7) is 1.48. The van der Waals surface area contributed by atoms with Gasteiger partial charge < -0.3 is 9.68 Å². The van der Waals surface area contributed by atoms with E-state index in [9.17, 15) is 9.82 Å². The summed E-state index contributed by atoms with van der Waals surface area (Å²) in [6, 6.07) is 6.75. The first-order valence-electron chi connectivity index (χ1n) is 3.97. The van der Waals surface area contributed by atoms with Crippen molar-refractivity contribution in [1.82, 2.24) is 0 Å². The first-order chi connectivity index (χ1) is 6.15. The van der Waals surface area contributed by atoms with Crippen molar-refractivity contribution in [3.8, 4) is 0 Å². The molecule has 0 aliphatic carbocycles. The zero-order valence-electron chi connectivity index (χ0n) is 7.65. The highest BCUT2D eigenvalue weighted by Gasteiger charge is 2.14. The fraction of sp³-hybridized carbons (Fsp3) is 0.222. The molecule has 0 spiro atoms. The monoisotopic (exact) mass is 178 g/mol. The van der Waals surface area contributed by atoms with E-state index >= 15 is 0 Å². The molecule has 0 aliphatic rings. The van der Waals surface area contributed by atoms with Gasteiger partial charge in [0, 0.05) is 12.7 Å². The highest BCUT2D eigenvalue weighted by molar-refractivity contribution is 6.60. The molecule has 0 amide bonds. The van der Waals surface area contributed by atoms with Crippen LogP contribution in [0.25, 0.3) is 0 Å². The molecule has 0 saturated heterocycles. The van der Waals surface area contributed by atoms with Crippen molar-refractivity contribution in [2.24, 2.45) is 0 Å². The van der Waals surface area contributed by atoms with Gasteiger partial charge in [-0.25, -0.2) is 0 Å². The predicted molar refractivity (Wildman–Crippen MR) is 51.1 cm³/mol. The number of Topliss-reactive ketones (excluding diaryl/α,β-unsaturated/α-hetero) is 1. The van der Waals surface area contributed by atoms with Gasteiger partial charge in [0.15, 0.2) is 5.78 Å². The lowest BCUT2D eigenvalue weighted by molar-refractivity contribution is 0.101. The molecule has 0 radical (unpaired) electrons. The van der Waals surface area contributed by atoms with Crippen LogP contribution in [0.1, 0.15) is 17.3 Å². The Morgan fingerprint density at radius 3 is 2.77 bits per heavy atom. The maximum atomic E-state index is 11.0. The van der Waals surface area contributed by atoms with E-state index in [1.165, 1.54) is 14.0 Å². The molecule has 0 heterocycles. The van der Waals surface area contributed by atoms with Crippen molar-refractivity contribution in [2.75, 3.05) is 7.11 Å². The second-order valence-electron chi connectivity index (χ2n) is 2.77. The first kappa shape index (κ1) is 9.96. The van der Waals surface area contributed by atoms with Gasteiger partial charge in [-0.2, -0.15) is 0 Å². The number of rotatable bonds is 3. The first-order valence-corrected chi connectivity index (χ1v) is 3.97. The summed E-state index contributed by atoms with van der Waals surface area (Å²) < 4.78 is 4.72. The number of hydrogen-bond acceptors (Lipinski definition) is 3. The average molecular weight is 178 g/mol. The van der Waals surface area contributed by atoms with Crippen molar-refractivity contribution in [3.63, 3.8) is 0 Å². The number of ketones is 1. The predicted octanol–water partition coefficient (Wildman–Crippen LogP) is 0.223. The van der Waals surface area contributed by atoms with E-state index < -0.39 is 7.12 Å². The van der Waals surface area contributed by atoms with Crippen LogP contribution in [0.2, 0.25) is 0 Å². The molecular weight excluding hydrogens is 167 g/mol. The van der Waals surface area contributed by atoms with E-state index in [-0.39, 0.29) is 5.78 Å². The Hall–Kier alpha value is -1.13. The van der Waals surface area contributed by atoms with Crippen LogP contribution in [0.15, 0.2) is 24.3 Å². The summed E-state index contributed by atoms with van der Waals surface area (Å²) in [5.74, 6) is -0.0230. The van der Waals surface area contributed by atoms with Crippen LogP contribution in [0.4, 0.5) is 0 Å². The third-order valence-corrected chi connectivity index (χ3v) is 1.80. The summed E-state index contributed by atoms with van der Waals surface area (Å²) in [6.07, 6.45) is 0. The van der Waals surface area contributed by atoms with Crippen LogP contribution in [0.3, 0.4) is 0 Å². The summed E-state index contributed by atoms with van der Waals surface area (Å²) in [5.41, 5.74) is 1.17. The minimum atomic E-state index is -0.959. The van der Waals surface area contributed by atoms with Gasteiger partial charge >= 0.3 is 7.12 Å². The van der Waals surface area contributed by atoms with Crippen LogP contribution in [-0.4, -0.2) is 25.0 Å². The standard InChI is InChI=1S/C9H11BO3/c1-7(11)8-4-3-5-9(6-8)10(12)13-2/h3-6,12H,1-2H3. The highest BCUT2D eigenvalue weighted by Crippen LogP contribution is 1.98. The van der Waals surface area contributed by atoms with Gasteiger partial charge in [0.1, 0.15) is 0 Å². The fourth-order valence-electron chi connectivity index (χ4n) is 1.05. The maximum Gasteiger partial charge on any atom is 0.490 e. The molecule has 0 unspecified atom stereocenters. The van der Waals surface area contributed by atoms with Gasteiger partial charge in [-0.05, 0) is 12.4 Å². The Labute approximate surface area is 77.5 Å². The molecule has 4 heteroatoms. The van der Waals surface area contributed by atoms with Gasteiger partial charge in [0.2, 0.25) is 0 Å². The third-order valence-electron chi connectivity index (χ3n) is 1.80. The second kappa shape index (κ2) is 4.21. The van der Waals surface area contributed by atoms with E-state index in [1.807, 2.05) is 0 Å². The minimum Gasteiger partial charge on any atom is -0.423 e. The molecular formula is C9H11BO3. The van der Waals surface area contributed by atoms with E-state index in [0.29, 0.717) is 11.0 Å². The Morgan fingerprint density at radius 1 is 1.54 bits per heavy atom. The van der Waals surface area contributed by atoms with Gasteiger partial charge in [-0.15, -0.1) is 0 Å². The van der Waals surface area contributed by atoms with Crippen LogP contribution in [-0.2, 0) is 4.65 Å². The zero-order valence-corrected chi connectivity index (χ0v) is 7.65. The van der Waals surface area contributed by atoms with Gasteiger partial charge in [0.05, 0.1) is 0 Å². The van der Waals surface area contributed by atoms with Crippen molar-refractivity contribution < 1.29 is 14.5 Å². The zero-order chi connectivity index (χ0) is 9.84. The van der Waals surface area contributed by atoms with Crippen LogP contribution >= 0.6 is 0 Å². The number of benzene rings is 1. The summed E-state index contributed by atoms with van der Waals surface area (Å²) in [7, 11) is 0.449. The average Bonchev–Trinajstić information content (AvgIpc) is 2.17. The second-order valence-corrected chi connectivity index (χ2v) is 2.77. The lowest BCUT2D eigenvalue weighted by atomic mass is 9.79. The van der Waals surface area contributed by atoms with E-state index in [0.717, 1.165) is 0 Å². The smallest absolute Gasteiger partial charge is 0.423 e.